The summed E-state index contributed by atoms with van der Waals surface area (Å²) in [5.74, 6) is 1.26. The Bertz CT molecular complexity index is 1070. The molecule has 8 nitrogen and oxygen atoms in total. The molecule has 1 saturated carbocycles. The molecule has 3 aromatic rings. The number of anilines is 2. The number of aromatic nitrogens is 2. The third kappa shape index (κ3) is 3.10. The molecule has 0 saturated heterocycles. The highest BCUT2D eigenvalue weighted by molar-refractivity contribution is 5.95. The number of imidazole rings is 1. The molecule has 138 valence electrons. The molecule has 4 rings (SSSR count). The monoisotopic (exact) mass is 365 g/mol. The van der Waals surface area contributed by atoms with E-state index >= 15 is 0 Å². The van der Waals surface area contributed by atoms with Crippen LogP contribution < -0.4 is 10.6 Å². The maximum atomic E-state index is 11.7. The minimum absolute atomic E-state index is 0.157. The molecule has 1 amide bonds. The third-order valence-electron chi connectivity index (χ3n) is 4.82. The molecular formula is C19H19N5O3. The van der Waals surface area contributed by atoms with Crippen LogP contribution in [0.15, 0.2) is 36.4 Å². The molecule has 1 fully saturated rings. The molecule has 1 aromatic heterocycles. The molecule has 0 aliphatic heterocycles. The van der Waals surface area contributed by atoms with Gasteiger partial charge in [0.2, 0.25) is 0 Å². The van der Waals surface area contributed by atoms with E-state index in [0.717, 1.165) is 16.9 Å². The van der Waals surface area contributed by atoms with Gasteiger partial charge < -0.3 is 15.2 Å². The molecule has 2 aromatic carbocycles. The summed E-state index contributed by atoms with van der Waals surface area (Å²) in [6.45, 7) is 0. The molecular weight excluding hydrogens is 346 g/mol. The average molecular weight is 365 g/mol. The van der Waals surface area contributed by atoms with Crippen LogP contribution in [0.2, 0.25) is 0 Å². The van der Waals surface area contributed by atoms with E-state index in [2.05, 4.69) is 15.2 Å². The lowest BCUT2D eigenvalue weighted by Crippen LogP contribution is -2.17. The van der Waals surface area contributed by atoms with Gasteiger partial charge in [0, 0.05) is 37.3 Å². The summed E-state index contributed by atoms with van der Waals surface area (Å²) < 4.78 is 2.11. The van der Waals surface area contributed by atoms with Gasteiger partial charge in [0.1, 0.15) is 11.5 Å². The Morgan fingerprint density at radius 3 is 2.70 bits per heavy atom. The van der Waals surface area contributed by atoms with Crippen LogP contribution in [0.3, 0.4) is 0 Å². The Kier molecular flexibility index (Phi) is 4.02. The van der Waals surface area contributed by atoms with Crippen molar-refractivity contribution in [3.05, 3.63) is 57.9 Å². The van der Waals surface area contributed by atoms with Gasteiger partial charge >= 0.3 is 0 Å². The first-order valence-electron chi connectivity index (χ1n) is 8.72. The Morgan fingerprint density at radius 1 is 1.26 bits per heavy atom. The smallest absolute Gasteiger partial charge is 0.293 e. The van der Waals surface area contributed by atoms with Crippen molar-refractivity contribution in [2.45, 2.75) is 18.8 Å². The lowest BCUT2D eigenvalue weighted by Gasteiger charge is -2.09. The van der Waals surface area contributed by atoms with Gasteiger partial charge in [0.05, 0.1) is 16.0 Å². The topological polar surface area (TPSA) is 102 Å². The van der Waals surface area contributed by atoms with E-state index in [4.69, 9.17) is 4.98 Å². The van der Waals surface area contributed by atoms with Gasteiger partial charge in [0.15, 0.2) is 0 Å². The number of nitro benzene ring substituents is 1. The van der Waals surface area contributed by atoms with E-state index < -0.39 is 4.92 Å². The lowest BCUT2D eigenvalue weighted by atomic mass is 10.1. The quantitative estimate of drug-likeness (QED) is 0.532. The molecule has 1 aliphatic carbocycles. The maximum absolute atomic E-state index is 11.7. The van der Waals surface area contributed by atoms with Crippen molar-refractivity contribution in [2.24, 2.45) is 7.05 Å². The number of benzene rings is 2. The second-order valence-corrected chi connectivity index (χ2v) is 6.70. The molecule has 0 atom stereocenters. The Labute approximate surface area is 155 Å². The first kappa shape index (κ1) is 17.0. The number of hydrogen-bond acceptors (Lipinski definition) is 5. The second kappa shape index (κ2) is 6.39. The molecule has 0 spiro atoms. The van der Waals surface area contributed by atoms with Crippen LogP contribution in [0.1, 0.15) is 34.9 Å². The van der Waals surface area contributed by atoms with Crippen molar-refractivity contribution in [3.63, 3.8) is 0 Å². The van der Waals surface area contributed by atoms with Crippen molar-refractivity contribution >= 4 is 34.0 Å². The van der Waals surface area contributed by atoms with E-state index in [1.807, 2.05) is 25.2 Å². The molecule has 1 aliphatic rings. The standard InChI is InChI=1S/C19H19N5O3/c1-20-19(25)12-5-7-14(17(9-12)24(26)27)21-13-6-8-16-15(10-13)22-18(23(16)2)11-3-4-11/h5-11,21H,3-4H2,1-2H3,(H,20,25). The summed E-state index contributed by atoms with van der Waals surface area (Å²) in [4.78, 5) is 27.4. The van der Waals surface area contributed by atoms with Gasteiger partial charge in [-0.2, -0.15) is 0 Å². The number of hydrogen-bond donors (Lipinski definition) is 2. The van der Waals surface area contributed by atoms with Crippen molar-refractivity contribution in [3.8, 4) is 0 Å². The van der Waals surface area contributed by atoms with Crippen molar-refractivity contribution in [1.82, 2.24) is 14.9 Å². The molecule has 0 bridgehead atoms. The first-order valence-corrected chi connectivity index (χ1v) is 8.72. The molecule has 8 heteroatoms. The van der Waals surface area contributed by atoms with Crippen LogP contribution in [0, 0.1) is 10.1 Å². The van der Waals surface area contributed by atoms with Crippen molar-refractivity contribution in [2.75, 3.05) is 12.4 Å². The summed E-state index contributed by atoms with van der Waals surface area (Å²) in [5, 5.41) is 17.0. The van der Waals surface area contributed by atoms with Crippen LogP contribution in [0.4, 0.5) is 17.1 Å². The zero-order chi connectivity index (χ0) is 19.1. The highest BCUT2D eigenvalue weighted by atomic mass is 16.6. The van der Waals surface area contributed by atoms with Gasteiger partial charge in [-0.15, -0.1) is 0 Å². The number of rotatable bonds is 5. The Hall–Kier alpha value is -3.42. The fourth-order valence-electron chi connectivity index (χ4n) is 3.23. The predicted octanol–water partition coefficient (Wildman–Crippen LogP) is 3.46. The number of carbonyl (C=O) groups excluding carboxylic acids is 1. The van der Waals surface area contributed by atoms with Crippen molar-refractivity contribution in [1.29, 1.82) is 0 Å². The average Bonchev–Trinajstić information content (AvgIpc) is 3.45. The van der Waals surface area contributed by atoms with Crippen LogP contribution in [-0.4, -0.2) is 27.4 Å². The van der Waals surface area contributed by atoms with Gasteiger partial charge in [-0.3, -0.25) is 14.9 Å². The van der Waals surface area contributed by atoms with E-state index in [9.17, 15) is 14.9 Å². The molecule has 0 radical (unpaired) electrons. The van der Waals surface area contributed by atoms with E-state index in [-0.39, 0.29) is 17.2 Å². The van der Waals surface area contributed by atoms with Gasteiger partial charge in [-0.1, -0.05) is 0 Å². The van der Waals surface area contributed by atoms with Crippen LogP contribution >= 0.6 is 0 Å². The SMILES string of the molecule is CNC(=O)c1ccc(Nc2ccc3c(c2)nc(C2CC2)n3C)c([N+](=O)[O-])c1. The number of fused-ring (bicyclic) bond motifs is 1. The fourth-order valence-corrected chi connectivity index (χ4v) is 3.23. The maximum Gasteiger partial charge on any atom is 0.293 e. The second-order valence-electron chi connectivity index (χ2n) is 6.70. The summed E-state index contributed by atoms with van der Waals surface area (Å²) in [6.07, 6.45) is 2.35. The summed E-state index contributed by atoms with van der Waals surface area (Å²) in [5.41, 5.74) is 3.00. The number of nitrogens with zero attached hydrogens (tertiary/aromatic N) is 3. The van der Waals surface area contributed by atoms with Gasteiger partial charge in [0.25, 0.3) is 11.6 Å². The molecule has 27 heavy (non-hydrogen) atoms. The summed E-state index contributed by atoms with van der Waals surface area (Å²) in [7, 11) is 3.50. The zero-order valence-electron chi connectivity index (χ0n) is 15.0. The number of nitro groups is 1. The van der Waals surface area contributed by atoms with E-state index in [1.54, 1.807) is 12.1 Å². The lowest BCUT2D eigenvalue weighted by molar-refractivity contribution is -0.383. The Morgan fingerprint density at radius 2 is 2.04 bits per heavy atom. The highest BCUT2D eigenvalue weighted by Crippen LogP contribution is 2.40. The number of aryl methyl sites for hydroxylation is 1. The van der Waals surface area contributed by atoms with Crippen LogP contribution in [-0.2, 0) is 7.05 Å². The van der Waals surface area contributed by atoms with Gasteiger partial charge in [-0.25, -0.2) is 4.98 Å². The first-order chi connectivity index (χ1) is 13.0. The molecule has 1 heterocycles. The third-order valence-corrected chi connectivity index (χ3v) is 4.82. The number of carbonyl (C=O) groups is 1. The van der Waals surface area contributed by atoms with E-state index in [1.165, 1.54) is 26.0 Å². The largest absolute Gasteiger partial charge is 0.355 e. The number of amides is 1. The number of nitrogens with one attached hydrogen (secondary N) is 2. The normalized spacial score (nSPS) is 13.6. The molecule has 0 unspecified atom stereocenters. The minimum Gasteiger partial charge on any atom is -0.355 e. The van der Waals surface area contributed by atoms with Crippen molar-refractivity contribution < 1.29 is 9.72 Å². The van der Waals surface area contributed by atoms with Crippen LogP contribution in [0.5, 0.6) is 0 Å². The fraction of sp³-hybridized carbons (Fsp3) is 0.263. The van der Waals surface area contributed by atoms with Crippen LogP contribution in [0.25, 0.3) is 11.0 Å². The van der Waals surface area contributed by atoms with Gasteiger partial charge in [-0.05, 0) is 43.2 Å². The minimum atomic E-state index is -0.501. The van der Waals surface area contributed by atoms with E-state index in [0.29, 0.717) is 17.3 Å². The zero-order valence-corrected chi connectivity index (χ0v) is 15.0. The summed E-state index contributed by atoms with van der Waals surface area (Å²) >= 11 is 0. The molecule has 2 N–H and O–H groups in total. The Balaban J connectivity index is 1.69. The summed E-state index contributed by atoms with van der Waals surface area (Å²) in [6, 6.07) is 10.1. The highest BCUT2D eigenvalue weighted by Gasteiger charge is 2.28. The predicted molar refractivity (Wildman–Crippen MR) is 102 cm³/mol.